The molecule has 5 heteroatoms. The molecule has 0 saturated heterocycles. The third-order valence-corrected chi connectivity index (χ3v) is 3.39. The predicted octanol–water partition coefficient (Wildman–Crippen LogP) is 1.80. The van der Waals surface area contributed by atoms with E-state index in [-0.39, 0.29) is 17.9 Å². The Morgan fingerprint density at radius 3 is 2.67 bits per heavy atom. The van der Waals surface area contributed by atoms with E-state index >= 15 is 0 Å². The van der Waals surface area contributed by atoms with E-state index in [1.165, 1.54) is 0 Å². The molecule has 5 nitrogen and oxygen atoms in total. The summed E-state index contributed by atoms with van der Waals surface area (Å²) in [4.78, 5) is 26.2. The van der Waals surface area contributed by atoms with E-state index in [0.717, 1.165) is 10.1 Å². The van der Waals surface area contributed by atoms with Gasteiger partial charge in [0.25, 0.3) is 5.56 Å². The maximum absolute atomic E-state index is 12.1. The average molecular weight is 284 g/mol. The fourth-order valence-corrected chi connectivity index (χ4v) is 2.30. The molecule has 1 aromatic heterocycles. The second kappa shape index (κ2) is 5.71. The molecule has 0 bridgehead atoms. The van der Waals surface area contributed by atoms with Crippen LogP contribution in [0.4, 0.5) is 0 Å². The van der Waals surface area contributed by atoms with Gasteiger partial charge in [-0.05, 0) is 25.0 Å². The zero-order chi connectivity index (χ0) is 15.6. The molecule has 1 atom stereocenters. The highest BCUT2D eigenvalue weighted by Crippen LogP contribution is 2.28. The van der Waals surface area contributed by atoms with Crippen LogP contribution in [0.5, 0.6) is 5.88 Å². The van der Waals surface area contributed by atoms with Crippen molar-refractivity contribution in [2.45, 2.75) is 26.3 Å². The van der Waals surface area contributed by atoms with Crippen molar-refractivity contribution >= 4 is 0 Å². The first-order valence-corrected chi connectivity index (χ1v) is 6.54. The minimum Gasteiger partial charge on any atom is -0.494 e. The Balaban J connectivity index is 2.78. The van der Waals surface area contributed by atoms with Gasteiger partial charge in [-0.3, -0.25) is 14.3 Å². The Hall–Kier alpha value is -2.74. The van der Waals surface area contributed by atoms with E-state index in [2.05, 4.69) is 10.9 Å². The van der Waals surface area contributed by atoms with Crippen molar-refractivity contribution in [1.82, 2.24) is 9.55 Å². The molecule has 2 rings (SSSR count). The van der Waals surface area contributed by atoms with Crippen LogP contribution >= 0.6 is 0 Å². The fraction of sp³-hybridized carbons (Fsp3) is 0.250. The summed E-state index contributed by atoms with van der Waals surface area (Å²) < 4.78 is 1.11. The maximum Gasteiger partial charge on any atom is 0.331 e. The number of nitrogens with zero attached hydrogens (tertiary/aromatic N) is 1. The van der Waals surface area contributed by atoms with Crippen LogP contribution < -0.4 is 11.2 Å². The second-order valence-corrected chi connectivity index (χ2v) is 4.90. The van der Waals surface area contributed by atoms with Crippen molar-refractivity contribution in [3.05, 3.63) is 50.7 Å². The molecule has 2 N–H and O–H groups in total. The molecule has 1 aromatic carbocycles. The average Bonchev–Trinajstić information content (AvgIpc) is 2.40. The molecule has 2 aromatic rings. The summed E-state index contributed by atoms with van der Waals surface area (Å²) in [6.45, 7) is 3.54. The molecular formula is C16H16N2O3. The third-order valence-electron chi connectivity index (χ3n) is 3.39. The molecule has 0 aliphatic heterocycles. The van der Waals surface area contributed by atoms with Crippen LogP contribution in [0, 0.1) is 19.3 Å². The topological polar surface area (TPSA) is 75.1 Å². The van der Waals surface area contributed by atoms with Gasteiger partial charge < -0.3 is 5.11 Å². The number of aromatic hydroxyl groups is 1. The molecule has 0 spiro atoms. The van der Waals surface area contributed by atoms with Gasteiger partial charge in [-0.2, -0.15) is 0 Å². The number of aromatic amines is 1. The summed E-state index contributed by atoms with van der Waals surface area (Å²) in [6, 6.07) is 6.74. The van der Waals surface area contributed by atoms with Gasteiger partial charge in [-0.1, -0.05) is 24.3 Å². The summed E-state index contributed by atoms with van der Waals surface area (Å²) in [5, 5.41) is 10.4. The molecule has 1 unspecified atom stereocenters. The zero-order valence-corrected chi connectivity index (χ0v) is 11.9. The number of benzene rings is 1. The molecule has 1 heterocycles. The summed E-state index contributed by atoms with van der Waals surface area (Å²) in [6.07, 6.45) is 5.52. The molecule has 108 valence electrons. The van der Waals surface area contributed by atoms with Crippen molar-refractivity contribution < 1.29 is 5.11 Å². The van der Waals surface area contributed by atoms with Crippen molar-refractivity contribution in [2.24, 2.45) is 0 Å². The van der Waals surface area contributed by atoms with Crippen molar-refractivity contribution in [3.63, 3.8) is 0 Å². The Bertz CT molecular complexity index is 825. The smallest absolute Gasteiger partial charge is 0.331 e. The first-order chi connectivity index (χ1) is 9.97. The molecular weight excluding hydrogens is 268 g/mol. The van der Waals surface area contributed by atoms with Gasteiger partial charge in [-0.25, -0.2) is 4.79 Å². The molecule has 0 aliphatic carbocycles. The van der Waals surface area contributed by atoms with E-state index in [1.807, 2.05) is 19.1 Å². The molecule has 0 radical (unpaired) electrons. The number of rotatable bonds is 3. The standard InChI is InChI=1S/C16H16N2O3/c1-4-7-11(3)18-15(20)13(14(19)17-16(18)21)12-9-6-5-8-10(12)2/h1,5-6,8-9,11,20H,7H2,2-3H3,(H,17,19,21). The molecule has 0 fully saturated rings. The first kappa shape index (κ1) is 14.7. The van der Waals surface area contributed by atoms with Gasteiger partial charge in [0.1, 0.15) is 5.56 Å². The van der Waals surface area contributed by atoms with Gasteiger partial charge in [0, 0.05) is 12.5 Å². The highest BCUT2D eigenvalue weighted by atomic mass is 16.3. The first-order valence-electron chi connectivity index (χ1n) is 6.54. The van der Waals surface area contributed by atoms with E-state index < -0.39 is 17.3 Å². The normalized spacial score (nSPS) is 11.9. The van der Waals surface area contributed by atoms with E-state index in [1.54, 1.807) is 19.1 Å². The Labute approximate surface area is 121 Å². The Morgan fingerprint density at radius 1 is 1.38 bits per heavy atom. The van der Waals surface area contributed by atoms with E-state index in [4.69, 9.17) is 6.42 Å². The maximum atomic E-state index is 12.1. The Kier molecular flexibility index (Phi) is 3.99. The zero-order valence-electron chi connectivity index (χ0n) is 11.9. The third kappa shape index (κ3) is 2.61. The lowest BCUT2D eigenvalue weighted by atomic mass is 10.0. The number of H-pyrrole nitrogens is 1. The molecule has 21 heavy (non-hydrogen) atoms. The number of hydrogen-bond acceptors (Lipinski definition) is 3. The highest BCUT2D eigenvalue weighted by Gasteiger charge is 2.19. The van der Waals surface area contributed by atoms with Crippen LogP contribution in [-0.4, -0.2) is 14.7 Å². The quantitative estimate of drug-likeness (QED) is 0.844. The lowest BCUT2D eigenvalue weighted by molar-refractivity contribution is 0.376. The van der Waals surface area contributed by atoms with Crippen LogP contribution in [0.15, 0.2) is 33.9 Å². The number of aromatic nitrogens is 2. The van der Waals surface area contributed by atoms with Crippen molar-refractivity contribution in [3.8, 4) is 29.4 Å². The van der Waals surface area contributed by atoms with Crippen molar-refractivity contribution in [1.29, 1.82) is 0 Å². The fourth-order valence-electron chi connectivity index (χ4n) is 2.30. The second-order valence-electron chi connectivity index (χ2n) is 4.90. The molecule has 0 aliphatic rings. The molecule has 0 saturated carbocycles. The van der Waals surface area contributed by atoms with Gasteiger partial charge in [0.05, 0.1) is 0 Å². The summed E-state index contributed by atoms with van der Waals surface area (Å²) in [5.74, 6) is 2.08. The van der Waals surface area contributed by atoms with Crippen LogP contribution in [0.2, 0.25) is 0 Å². The summed E-state index contributed by atoms with van der Waals surface area (Å²) in [5.41, 5.74) is 0.205. The van der Waals surface area contributed by atoms with Gasteiger partial charge in [-0.15, -0.1) is 12.3 Å². The number of nitrogens with one attached hydrogen (secondary N) is 1. The summed E-state index contributed by atoms with van der Waals surface area (Å²) in [7, 11) is 0. The Morgan fingerprint density at radius 2 is 2.05 bits per heavy atom. The van der Waals surface area contributed by atoms with Gasteiger partial charge in [0.15, 0.2) is 0 Å². The monoisotopic (exact) mass is 284 g/mol. The number of terminal acetylenes is 1. The van der Waals surface area contributed by atoms with Gasteiger partial charge in [0.2, 0.25) is 5.88 Å². The van der Waals surface area contributed by atoms with E-state index in [9.17, 15) is 14.7 Å². The summed E-state index contributed by atoms with van der Waals surface area (Å²) >= 11 is 0. The molecule has 0 amide bonds. The largest absolute Gasteiger partial charge is 0.494 e. The van der Waals surface area contributed by atoms with Crippen molar-refractivity contribution in [2.75, 3.05) is 0 Å². The van der Waals surface area contributed by atoms with Gasteiger partial charge >= 0.3 is 5.69 Å². The number of aryl methyl sites for hydroxylation is 1. The lowest BCUT2D eigenvalue weighted by Gasteiger charge is -2.16. The number of hydrogen-bond donors (Lipinski definition) is 2. The van der Waals surface area contributed by atoms with Crippen LogP contribution in [-0.2, 0) is 0 Å². The minimum atomic E-state index is -0.669. The SMILES string of the molecule is C#CCC(C)n1c(O)c(-c2ccccc2C)c(=O)[nH]c1=O. The van der Waals surface area contributed by atoms with Crippen LogP contribution in [0.3, 0.4) is 0 Å². The highest BCUT2D eigenvalue weighted by molar-refractivity contribution is 5.70. The van der Waals surface area contributed by atoms with Crippen LogP contribution in [0.25, 0.3) is 11.1 Å². The predicted molar refractivity (Wildman–Crippen MR) is 81.3 cm³/mol. The lowest BCUT2D eigenvalue weighted by Crippen LogP contribution is -2.32. The van der Waals surface area contributed by atoms with E-state index in [0.29, 0.717) is 5.56 Å². The van der Waals surface area contributed by atoms with Crippen LogP contribution in [0.1, 0.15) is 24.9 Å². The minimum absolute atomic E-state index is 0.0802.